The SMILES string of the molecule is O=C1Cc2cc(S(=O)(=O)NC3CC3)ccc2N1. The number of carbonyl (C=O) groups excluding carboxylic acids is 1. The van der Waals surface area contributed by atoms with E-state index in [2.05, 4.69) is 10.0 Å². The van der Waals surface area contributed by atoms with Gasteiger partial charge in [-0.3, -0.25) is 4.79 Å². The summed E-state index contributed by atoms with van der Waals surface area (Å²) in [5, 5.41) is 2.67. The fraction of sp³-hybridized carbons (Fsp3) is 0.364. The quantitative estimate of drug-likeness (QED) is 0.828. The Bertz CT molecular complexity index is 591. The second kappa shape index (κ2) is 3.54. The lowest BCUT2D eigenvalue weighted by Crippen LogP contribution is -2.25. The summed E-state index contributed by atoms with van der Waals surface area (Å²) in [5.74, 6) is -0.0929. The van der Waals surface area contributed by atoms with Crippen LogP contribution >= 0.6 is 0 Å². The lowest BCUT2D eigenvalue weighted by atomic mass is 10.2. The minimum atomic E-state index is -3.43. The third-order valence-electron chi connectivity index (χ3n) is 2.91. The van der Waals surface area contributed by atoms with Crippen LogP contribution in [0.2, 0.25) is 0 Å². The molecule has 1 amide bonds. The molecule has 1 aromatic carbocycles. The molecular weight excluding hydrogens is 240 g/mol. The van der Waals surface area contributed by atoms with E-state index in [1.807, 2.05) is 0 Å². The number of amides is 1. The van der Waals surface area contributed by atoms with Crippen LogP contribution in [0.4, 0.5) is 5.69 Å². The molecule has 2 N–H and O–H groups in total. The maximum Gasteiger partial charge on any atom is 0.240 e. The zero-order chi connectivity index (χ0) is 12.0. The summed E-state index contributed by atoms with van der Waals surface area (Å²) in [6, 6.07) is 4.82. The predicted octanol–water partition coefficient (Wildman–Crippen LogP) is 0.622. The fourth-order valence-corrected chi connectivity index (χ4v) is 3.22. The zero-order valence-corrected chi connectivity index (χ0v) is 9.88. The van der Waals surface area contributed by atoms with Crippen LogP contribution < -0.4 is 10.0 Å². The van der Waals surface area contributed by atoms with Gasteiger partial charge in [-0.1, -0.05) is 0 Å². The lowest BCUT2D eigenvalue weighted by molar-refractivity contribution is -0.115. The van der Waals surface area contributed by atoms with Gasteiger partial charge >= 0.3 is 0 Å². The molecule has 1 fully saturated rings. The highest BCUT2D eigenvalue weighted by atomic mass is 32.2. The van der Waals surface area contributed by atoms with E-state index in [0.717, 1.165) is 18.4 Å². The lowest BCUT2D eigenvalue weighted by Gasteiger charge is -2.06. The first kappa shape index (κ1) is 10.7. The Morgan fingerprint density at radius 2 is 2.06 bits per heavy atom. The molecule has 1 heterocycles. The second-order valence-corrected chi connectivity index (χ2v) is 6.15. The number of anilines is 1. The van der Waals surface area contributed by atoms with E-state index in [0.29, 0.717) is 5.69 Å². The van der Waals surface area contributed by atoms with Gasteiger partial charge in [0.1, 0.15) is 0 Å². The van der Waals surface area contributed by atoms with Crippen LogP contribution in [-0.4, -0.2) is 20.4 Å². The van der Waals surface area contributed by atoms with Crippen molar-refractivity contribution in [3.63, 3.8) is 0 Å². The van der Waals surface area contributed by atoms with Gasteiger partial charge in [0.05, 0.1) is 11.3 Å². The van der Waals surface area contributed by atoms with Crippen LogP contribution in [0.3, 0.4) is 0 Å². The molecule has 6 heteroatoms. The summed E-state index contributed by atoms with van der Waals surface area (Å²) < 4.78 is 26.5. The van der Waals surface area contributed by atoms with Gasteiger partial charge in [-0.25, -0.2) is 13.1 Å². The maximum atomic E-state index is 11.9. The molecule has 0 atom stereocenters. The van der Waals surface area contributed by atoms with Crippen molar-refractivity contribution in [3.8, 4) is 0 Å². The van der Waals surface area contributed by atoms with Gasteiger partial charge in [0.15, 0.2) is 0 Å². The number of carbonyl (C=O) groups is 1. The van der Waals surface area contributed by atoms with Crippen molar-refractivity contribution in [1.82, 2.24) is 4.72 Å². The van der Waals surface area contributed by atoms with Crippen LogP contribution in [0, 0.1) is 0 Å². The highest BCUT2D eigenvalue weighted by Gasteiger charge is 2.29. The third kappa shape index (κ3) is 2.05. The first-order chi connectivity index (χ1) is 8.04. The van der Waals surface area contributed by atoms with E-state index in [1.54, 1.807) is 12.1 Å². The van der Waals surface area contributed by atoms with Crippen molar-refractivity contribution < 1.29 is 13.2 Å². The molecule has 1 aliphatic carbocycles. The largest absolute Gasteiger partial charge is 0.326 e. The van der Waals surface area contributed by atoms with Crippen molar-refractivity contribution in [1.29, 1.82) is 0 Å². The van der Waals surface area contributed by atoms with E-state index in [1.165, 1.54) is 6.07 Å². The molecule has 1 aliphatic heterocycles. The molecule has 0 bridgehead atoms. The standard InChI is InChI=1S/C11H12N2O3S/c14-11-6-7-5-9(3-4-10(7)12-11)17(15,16)13-8-1-2-8/h3-5,8,13H,1-2,6H2,(H,12,14). The average molecular weight is 252 g/mol. The topological polar surface area (TPSA) is 75.3 Å². The molecule has 1 saturated carbocycles. The Morgan fingerprint density at radius 1 is 1.29 bits per heavy atom. The molecular formula is C11H12N2O3S. The van der Waals surface area contributed by atoms with Gasteiger partial charge in [-0.05, 0) is 36.6 Å². The van der Waals surface area contributed by atoms with Crippen LogP contribution in [0.25, 0.3) is 0 Å². The molecule has 0 saturated heterocycles. The smallest absolute Gasteiger partial charge is 0.240 e. The number of benzene rings is 1. The average Bonchev–Trinajstić information content (AvgIpc) is 2.95. The van der Waals surface area contributed by atoms with Crippen LogP contribution in [0.15, 0.2) is 23.1 Å². The van der Waals surface area contributed by atoms with Crippen molar-refractivity contribution in [2.75, 3.05) is 5.32 Å². The van der Waals surface area contributed by atoms with E-state index >= 15 is 0 Å². The Labute approximate surface area is 99.3 Å². The summed E-state index contributed by atoms with van der Waals surface area (Å²) in [7, 11) is -3.43. The number of rotatable bonds is 3. The zero-order valence-electron chi connectivity index (χ0n) is 9.06. The van der Waals surface area contributed by atoms with Gasteiger partial charge in [-0.2, -0.15) is 0 Å². The first-order valence-corrected chi connectivity index (χ1v) is 6.98. The number of hydrogen-bond donors (Lipinski definition) is 2. The summed E-state index contributed by atoms with van der Waals surface area (Å²) in [6.07, 6.45) is 2.07. The van der Waals surface area contributed by atoms with Crippen LogP contribution in [0.5, 0.6) is 0 Å². The molecule has 0 aromatic heterocycles. The molecule has 90 valence electrons. The summed E-state index contributed by atoms with van der Waals surface area (Å²) in [4.78, 5) is 11.4. The second-order valence-electron chi connectivity index (χ2n) is 4.44. The maximum absolute atomic E-state index is 11.9. The van der Waals surface area contributed by atoms with Crippen molar-refractivity contribution in [2.24, 2.45) is 0 Å². The van der Waals surface area contributed by atoms with E-state index in [9.17, 15) is 13.2 Å². The van der Waals surface area contributed by atoms with E-state index in [4.69, 9.17) is 0 Å². The number of nitrogens with one attached hydrogen (secondary N) is 2. The highest BCUT2D eigenvalue weighted by molar-refractivity contribution is 7.89. The number of hydrogen-bond acceptors (Lipinski definition) is 3. The van der Waals surface area contributed by atoms with Gasteiger partial charge < -0.3 is 5.32 Å². The van der Waals surface area contributed by atoms with Crippen molar-refractivity contribution >= 4 is 21.6 Å². The van der Waals surface area contributed by atoms with Gasteiger partial charge in [0.2, 0.25) is 15.9 Å². The van der Waals surface area contributed by atoms with E-state index < -0.39 is 10.0 Å². The Balaban J connectivity index is 1.94. The van der Waals surface area contributed by atoms with Gasteiger partial charge in [-0.15, -0.1) is 0 Å². The Kier molecular flexibility index (Phi) is 2.24. The Hall–Kier alpha value is -1.40. The molecule has 3 rings (SSSR count). The molecule has 5 nitrogen and oxygen atoms in total. The molecule has 17 heavy (non-hydrogen) atoms. The Morgan fingerprint density at radius 3 is 2.76 bits per heavy atom. The van der Waals surface area contributed by atoms with Crippen molar-refractivity contribution in [3.05, 3.63) is 23.8 Å². The molecule has 1 aromatic rings. The minimum absolute atomic E-state index is 0.0908. The van der Waals surface area contributed by atoms with Crippen LogP contribution in [0.1, 0.15) is 18.4 Å². The number of fused-ring (bicyclic) bond motifs is 1. The normalized spacial score (nSPS) is 18.9. The van der Waals surface area contributed by atoms with Crippen LogP contribution in [-0.2, 0) is 21.2 Å². The predicted molar refractivity (Wildman–Crippen MR) is 62.1 cm³/mol. The van der Waals surface area contributed by atoms with E-state index in [-0.39, 0.29) is 23.3 Å². The summed E-state index contributed by atoms with van der Waals surface area (Å²) in [5.41, 5.74) is 1.45. The molecule has 0 radical (unpaired) electrons. The monoisotopic (exact) mass is 252 g/mol. The van der Waals surface area contributed by atoms with Gasteiger partial charge in [0.25, 0.3) is 0 Å². The van der Waals surface area contributed by atoms with Gasteiger partial charge in [0, 0.05) is 11.7 Å². The highest BCUT2D eigenvalue weighted by Crippen LogP contribution is 2.27. The molecule has 0 unspecified atom stereocenters. The summed E-state index contributed by atoms with van der Waals surface area (Å²) >= 11 is 0. The third-order valence-corrected chi connectivity index (χ3v) is 4.43. The minimum Gasteiger partial charge on any atom is -0.326 e. The fourth-order valence-electron chi connectivity index (χ4n) is 1.86. The molecule has 0 spiro atoms. The number of sulfonamides is 1. The summed E-state index contributed by atoms with van der Waals surface area (Å²) in [6.45, 7) is 0. The molecule has 2 aliphatic rings. The van der Waals surface area contributed by atoms with Crippen molar-refractivity contribution in [2.45, 2.75) is 30.2 Å². The first-order valence-electron chi connectivity index (χ1n) is 5.50.